The fraction of sp³-hybridized carbons (Fsp3) is 0.200. The van der Waals surface area contributed by atoms with Crippen LogP contribution in [0.1, 0.15) is 5.56 Å². The highest BCUT2D eigenvalue weighted by Gasteiger charge is 1.90. The molecule has 0 aliphatic heterocycles. The predicted molar refractivity (Wildman–Crippen MR) is 65.7 cm³/mol. The number of thioether (sulfide) groups is 1. The van der Waals surface area contributed by atoms with Crippen molar-refractivity contribution < 1.29 is 4.74 Å². The molecule has 0 radical (unpaired) electrons. The van der Waals surface area contributed by atoms with Gasteiger partial charge in [0.15, 0.2) is 5.17 Å². The smallest absolute Gasteiger partial charge is 0.180 e. The maximum Gasteiger partial charge on any atom is 0.180 e. The molecular weight excluding hydrogens is 210 g/mol. The lowest BCUT2D eigenvalue weighted by Gasteiger charge is -1.97. The summed E-state index contributed by atoms with van der Waals surface area (Å²) in [5, 5.41) is 8.06. The number of nitrogens with zero attached hydrogens (tertiary/aromatic N) is 2. The number of methoxy groups -OCH3 is 1. The Morgan fingerprint density at radius 1 is 1.40 bits per heavy atom. The molecule has 0 amide bonds. The Morgan fingerprint density at radius 2 is 2.07 bits per heavy atom. The molecule has 4 nitrogen and oxygen atoms in total. The highest BCUT2D eigenvalue weighted by molar-refractivity contribution is 8.13. The monoisotopic (exact) mass is 223 g/mol. The first-order valence-corrected chi connectivity index (χ1v) is 5.53. The van der Waals surface area contributed by atoms with Crippen molar-refractivity contribution in [1.82, 2.24) is 0 Å². The van der Waals surface area contributed by atoms with Gasteiger partial charge < -0.3 is 10.5 Å². The van der Waals surface area contributed by atoms with Gasteiger partial charge in [-0.2, -0.15) is 5.10 Å². The Kier molecular flexibility index (Phi) is 4.70. The standard InChI is InChI=1S/C10H13N3OS/c1-14-9-5-3-8(4-6-9)7-12-13-10(11)15-2/h3-7H,1-2H3,(H2,11,13)/b12-7-. The van der Waals surface area contributed by atoms with Crippen LogP contribution in [0.15, 0.2) is 34.5 Å². The molecule has 0 atom stereocenters. The van der Waals surface area contributed by atoms with Gasteiger partial charge in [-0.1, -0.05) is 11.8 Å². The van der Waals surface area contributed by atoms with E-state index < -0.39 is 0 Å². The fourth-order valence-corrected chi connectivity index (χ4v) is 1.01. The van der Waals surface area contributed by atoms with Crippen LogP contribution in [0, 0.1) is 0 Å². The number of nitrogens with two attached hydrogens (primary N) is 1. The number of benzene rings is 1. The van der Waals surface area contributed by atoms with E-state index in [1.165, 1.54) is 11.8 Å². The van der Waals surface area contributed by atoms with Gasteiger partial charge in [0.1, 0.15) is 5.75 Å². The molecule has 15 heavy (non-hydrogen) atoms. The second kappa shape index (κ2) is 6.08. The lowest BCUT2D eigenvalue weighted by molar-refractivity contribution is 0.415. The fourth-order valence-electron chi connectivity index (χ4n) is 0.883. The number of rotatable bonds is 3. The molecule has 0 fully saturated rings. The van der Waals surface area contributed by atoms with Gasteiger partial charge in [0, 0.05) is 0 Å². The van der Waals surface area contributed by atoms with E-state index in [0.29, 0.717) is 5.17 Å². The third kappa shape index (κ3) is 4.03. The van der Waals surface area contributed by atoms with E-state index in [2.05, 4.69) is 10.2 Å². The van der Waals surface area contributed by atoms with Crippen LogP contribution < -0.4 is 10.5 Å². The topological polar surface area (TPSA) is 60.0 Å². The lowest BCUT2D eigenvalue weighted by Crippen LogP contribution is -2.03. The van der Waals surface area contributed by atoms with E-state index in [-0.39, 0.29) is 0 Å². The summed E-state index contributed by atoms with van der Waals surface area (Å²) in [7, 11) is 1.63. The largest absolute Gasteiger partial charge is 0.497 e. The van der Waals surface area contributed by atoms with Crippen molar-refractivity contribution in [3.8, 4) is 5.75 Å². The molecule has 2 N–H and O–H groups in total. The molecule has 1 aromatic carbocycles. The van der Waals surface area contributed by atoms with Crippen LogP contribution in [0.5, 0.6) is 5.75 Å². The second-order valence-corrected chi connectivity index (χ2v) is 3.49. The molecule has 0 unspecified atom stereocenters. The molecule has 5 heteroatoms. The van der Waals surface area contributed by atoms with Crippen molar-refractivity contribution in [2.75, 3.05) is 13.4 Å². The molecule has 0 heterocycles. The average molecular weight is 223 g/mol. The van der Waals surface area contributed by atoms with Gasteiger partial charge >= 0.3 is 0 Å². The molecule has 0 saturated carbocycles. The first-order valence-electron chi connectivity index (χ1n) is 4.31. The predicted octanol–water partition coefficient (Wildman–Crippen LogP) is 1.71. The Bertz CT molecular complexity index is 359. The zero-order valence-corrected chi connectivity index (χ0v) is 9.49. The number of amidine groups is 1. The Labute approximate surface area is 93.2 Å². The Morgan fingerprint density at radius 3 is 2.60 bits per heavy atom. The SMILES string of the molecule is COc1ccc(/C=N\N=C(N)SC)cc1. The maximum atomic E-state index is 5.46. The number of ether oxygens (including phenoxy) is 1. The van der Waals surface area contributed by atoms with Gasteiger partial charge in [0.05, 0.1) is 13.3 Å². The Hall–Kier alpha value is -1.49. The minimum atomic E-state index is 0.444. The summed E-state index contributed by atoms with van der Waals surface area (Å²) >= 11 is 1.36. The molecule has 0 spiro atoms. The van der Waals surface area contributed by atoms with Gasteiger partial charge in [-0.15, -0.1) is 5.10 Å². The van der Waals surface area contributed by atoms with E-state index in [1.807, 2.05) is 30.5 Å². The lowest BCUT2D eigenvalue weighted by atomic mass is 10.2. The van der Waals surface area contributed by atoms with Crippen molar-refractivity contribution in [2.45, 2.75) is 0 Å². The third-order valence-corrected chi connectivity index (χ3v) is 2.19. The summed E-state index contributed by atoms with van der Waals surface area (Å²) in [6, 6.07) is 7.52. The molecule has 0 aliphatic rings. The van der Waals surface area contributed by atoms with Crippen LogP contribution in [0.25, 0.3) is 0 Å². The molecule has 1 aromatic rings. The van der Waals surface area contributed by atoms with Crippen LogP contribution in [-0.2, 0) is 0 Å². The highest BCUT2D eigenvalue weighted by Crippen LogP contribution is 2.09. The molecule has 0 bridgehead atoms. The zero-order valence-electron chi connectivity index (χ0n) is 8.68. The van der Waals surface area contributed by atoms with Crippen molar-refractivity contribution >= 4 is 23.1 Å². The van der Waals surface area contributed by atoms with Crippen molar-refractivity contribution in [3.05, 3.63) is 29.8 Å². The molecule has 0 aromatic heterocycles. The summed E-state index contributed by atoms with van der Waals surface area (Å²) in [5.41, 5.74) is 6.41. The quantitative estimate of drug-likeness (QED) is 0.482. The first-order chi connectivity index (χ1) is 7.26. The summed E-state index contributed by atoms with van der Waals surface area (Å²) in [6.45, 7) is 0. The zero-order chi connectivity index (χ0) is 11.1. The Balaban J connectivity index is 2.65. The van der Waals surface area contributed by atoms with Crippen molar-refractivity contribution in [2.24, 2.45) is 15.9 Å². The molecule has 1 rings (SSSR count). The van der Waals surface area contributed by atoms with Crippen LogP contribution in [0.3, 0.4) is 0 Å². The summed E-state index contributed by atoms with van der Waals surface area (Å²) in [5.74, 6) is 0.819. The summed E-state index contributed by atoms with van der Waals surface area (Å²) in [4.78, 5) is 0. The second-order valence-electron chi connectivity index (χ2n) is 2.66. The van der Waals surface area contributed by atoms with Gasteiger partial charge in [-0.25, -0.2) is 0 Å². The van der Waals surface area contributed by atoms with E-state index in [0.717, 1.165) is 11.3 Å². The van der Waals surface area contributed by atoms with Gasteiger partial charge in [0.25, 0.3) is 0 Å². The number of hydrogen-bond acceptors (Lipinski definition) is 4. The summed E-state index contributed by atoms with van der Waals surface area (Å²) < 4.78 is 5.03. The maximum absolute atomic E-state index is 5.46. The van der Waals surface area contributed by atoms with Crippen LogP contribution in [-0.4, -0.2) is 24.7 Å². The van der Waals surface area contributed by atoms with Gasteiger partial charge in [-0.05, 0) is 36.1 Å². The minimum absolute atomic E-state index is 0.444. The van der Waals surface area contributed by atoms with E-state index in [4.69, 9.17) is 10.5 Å². The van der Waals surface area contributed by atoms with Crippen molar-refractivity contribution in [3.63, 3.8) is 0 Å². The van der Waals surface area contributed by atoms with Crippen LogP contribution in [0.4, 0.5) is 0 Å². The first kappa shape index (κ1) is 11.6. The van der Waals surface area contributed by atoms with E-state index >= 15 is 0 Å². The van der Waals surface area contributed by atoms with Crippen molar-refractivity contribution in [1.29, 1.82) is 0 Å². The van der Waals surface area contributed by atoms with Gasteiger partial charge in [-0.3, -0.25) is 0 Å². The average Bonchev–Trinajstić information content (AvgIpc) is 2.29. The normalized spacial score (nSPS) is 12.0. The molecule has 0 saturated heterocycles. The minimum Gasteiger partial charge on any atom is -0.497 e. The molecule has 0 aliphatic carbocycles. The summed E-state index contributed by atoms with van der Waals surface area (Å²) in [6.07, 6.45) is 3.49. The third-order valence-electron chi connectivity index (χ3n) is 1.69. The van der Waals surface area contributed by atoms with E-state index in [1.54, 1.807) is 13.3 Å². The van der Waals surface area contributed by atoms with Gasteiger partial charge in [0.2, 0.25) is 0 Å². The van der Waals surface area contributed by atoms with E-state index in [9.17, 15) is 0 Å². The molecule has 80 valence electrons. The highest BCUT2D eigenvalue weighted by atomic mass is 32.2. The molecular formula is C10H13N3OS. The van der Waals surface area contributed by atoms with Crippen LogP contribution in [0.2, 0.25) is 0 Å². The number of hydrogen-bond donors (Lipinski definition) is 1. The van der Waals surface area contributed by atoms with Crippen LogP contribution >= 0.6 is 11.8 Å².